The van der Waals surface area contributed by atoms with Crippen molar-refractivity contribution < 1.29 is 14.6 Å². The largest absolute Gasteiger partial charge is 0.395 e. The van der Waals surface area contributed by atoms with E-state index >= 15 is 0 Å². The molecule has 1 aromatic rings. The van der Waals surface area contributed by atoms with Gasteiger partial charge >= 0.3 is 5.97 Å². The molecule has 5 nitrogen and oxygen atoms in total. The Balaban J connectivity index is 1.94. The van der Waals surface area contributed by atoms with Crippen molar-refractivity contribution in [3.05, 3.63) is 35.9 Å². The van der Waals surface area contributed by atoms with Crippen molar-refractivity contribution in [1.82, 2.24) is 4.90 Å². The van der Waals surface area contributed by atoms with Crippen LogP contribution in [0.25, 0.3) is 0 Å². The molecule has 0 spiro atoms. The summed E-state index contributed by atoms with van der Waals surface area (Å²) in [5.41, 5.74) is -0.170. The highest BCUT2D eigenvalue weighted by Gasteiger charge is 2.49. The number of nitrogens with zero attached hydrogens (tertiary/aromatic N) is 2. The molecule has 0 bridgehead atoms. The Hall–Kier alpha value is -1.88. The lowest BCUT2D eigenvalue weighted by Gasteiger charge is -2.40. The van der Waals surface area contributed by atoms with Crippen LogP contribution in [0.2, 0.25) is 0 Å². The fraction of sp³-hybridized carbons (Fsp3) is 0.600. The van der Waals surface area contributed by atoms with Crippen molar-refractivity contribution in [2.75, 3.05) is 26.7 Å². The molecule has 1 saturated carbocycles. The van der Waals surface area contributed by atoms with Crippen LogP contribution in [-0.2, 0) is 14.9 Å². The van der Waals surface area contributed by atoms with E-state index in [2.05, 4.69) is 4.99 Å². The Kier molecular flexibility index (Phi) is 5.74. The highest BCUT2D eigenvalue weighted by Crippen LogP contribution is 2.42. The lowest BCUT2D eigenvalue weighted by Crippen LogP contribution is -2.50. The summed E-state index contributed by atoms with van der Waals surface area (Å²) in [4.78, 5) is 19.5. The van der Waals surface area contributed by atoms with Gasteiger partial charge in [0.25, 0.3) is 6.02 Å². The third-order valence-electron chi connectivity index (χ3n) is 5.61. The summed E-state index contributed by atoms with van der Waals surface area (Å²) < 4.78 is 5.74. The number of benzene rings is 1. The number of hydrogen-bond donors (Lipinski definition) is 1. The van der Waals surface area contributed by atoms with Gasteiger partial charge in [-0.3, -0.25) is 4.79 Å². The summed E-state index contributed by atoms with van der Waals surface area (Å²) in [6.45, 7) is 1.26. The second-order valence-corrected chi connectivity index (χ2v) is 7.16. The van der Waals surface area contributed by atoms with Crippen LogP contribution in [0, 0.1) is 5.92 Å². The molecule has 0 saturated heterocycles. The zero-order chi connectivity index (χ0) is 17.7. The van der Waals surface area contributed by atoms with Crippen molar-refractivity contribution in [3.8, 4) is 0 Å². The minimum Gasteiger partial charge on any atom is -0.395 e. The molecule has 5 heteroatoms. The van der Waals surface area contributed by atoms with Crippen LogP contribution in [0.4, 0.5) is 0 Å². The summed E-state index contributed by atoms with van der Waals surface area (Å²) in [5, 5.41) is 10.4. The van der Waals surface area contributed by atoms with Crippen LogP contribution in [0.5, 0.6) is 0 Å². The van der Waals surface area contributed by atoms with E-state index in [1.807, 2.05) is 42.3 Å². The van der Waals surface area contributed by atoms with Gasteiger partial charge in [0.15, 0.2) is 0 Å². The predicted octanol–water partition coefficient (Wildman–Crippen LogP) is 2.73. The summed E-state index contributed by atoms with van der Waals surface area (Å²) in [6, 6.07) is 9.99. The quantitative estimate of drug-likeness (QED) is 0.853. The van der Waals surface area contributed by atoms with E-state index < -0.39 is 5.41 Å². The Morgan fingerprint density at radius 1 is 1.24 bits per heavy atom. The molecule has 136 valence electrons. The summed E-state index contributed by atoms with van der Waals surface area (Å²) >= 11 is 0. The van der Waals surface area contributed by atoms with Crippen molar-refractivity contribution in [2.24, 2.45) is 10.9 Å². The van der Waals surface area contributed by atoms with Gasteiger partial charge < -0.3 is 14.7 Å². The summed E-state index contributed by atoms with van der Waals surface area (Å²) in [7, 11) is 1.88. The predicted molar refractivity (Wildman–Crippen MR) is 97.4 cm³/mol. The third-order valence-corrected chi connectivity index (χ3v) is 5.61. The number of esters is 1. The zero-order valence-electron chi connectivity index (χ0n) is 15.0. The average Bonchev–Trinajstić information content (AvgIpc) is 2.66. The van der Waals surface area contributed by atoms with E-state index in [0.29, 0.717) is 12.6 Å². The normalized spacial score (nSPS) is 21.4. The number of aliphatic hydroxyl groups is 1. The van der Waals surface area contributed by atoms with Gasteiger partial charge in [-0.25, -0.2) is 4.99 Å². The Morgan fingerprint density at radius 2 is 1.96 bits per heavy atom. The molecule has 25 heavy (non-hydrogen) atoms. The minimum absolute atomic E-state index is 0.0932. The van der Waals surface area contributed by atoms with Crippen LogP contribution >= 0.6 is 0 Å². The molecule has 1 aliphatic heterocycles. The van der Waals surface area contributed by atoms with Crippen LogP contribution in [-0.4, -0.2) is 48.7 Å². The SMILES string of the molecule is CN1CCCN=C1OC(=O)[C@@](CO)(c1ccccc1)C1CCCCC1. The standard InChI is InChI=1S/C20H28N2O3/c1-22-14-8-13-21-19(22)25-18(24)20(15-23,16-9-4-2-5-10-16)17-11-6-3-7-12-17/h2,4-5,9-10,17,23H,3,6-8,11-15H2,1H3/t20-/m0/s1. The molecule has 2 aliphatic rings. The van der Waals surface area contributed by atoms with Gasteiger partial charge in [-0.05, 0) is 30.7 Å². The number of carbonyl (C=O) groups excluding carboxylic acids is 1. The smallest absolute Gasteiger partial charge is 0.326 e. The fourth-order valence-electron chi connectivity index (χ4n) is 4.12. The highest BCUT2D eigenvalue weighted by molar-refractivity contribution is 5.94. The fourth-order valence-corrected chi connectivity index (χ4v) is 4.12. The Labute approximate surface area is 149 Å². The molecule has 0 unspecified atom stereocenters. The Morgan fingerprint density at radius 3 is 2.60 bits per heavy atom. The van der Waals surface area contributed by atoms with Gasteiger partial charge in [-0.2, -0.15) is 0 Å². The lowest BCUT2D eigenvalue weighted by atomic mass is 9.65. The van der Waals surface area contributed by atoms with E-state index in [4.69, 9.17) is 4.74 Å². The number of rotatable bonds is 4. The lowest BCUT2D eigenvalue weighted by molar-refractivity contribution is -0.148. The second kappa shape index (κ2) is 8.00. The molecule has 0 radical (unpaired) electrons. The third kappa shape index (κ3) is 3.56. The topological polar surface area (TPSA) is 62.1 Å². The molecule has 1 aromatic carbocycles. The highest BCUT2D eigenvalue weighted by atomic mass is 16.6. The first-order valence-corrected chi connectivity index (χ1v) is 9.32. The van der Waals surface area contributed by atoms with Crippen LogP contribution < -0.4 is 0 Å². The molecule has 1 N–H and O–H groups in total. The van der Waals surface area contributed by atoms with Crippen molar-refractivity contribution in [1.29, 1.82) is 0 Å². The molecule has 1 heterocycles. The van der Waals surface area contributed by atoms with Gasteiger partial charge in [0, 0.05) is 20.1 Å². The van der Waals surface area contributed by atoms with Gasteiger partial charge in [0.1, 0.15) is 5.41 Å². The first-order chi connectivity index (χ1) is 12.2. The van der Waals surface area contributed by atoms with E-state index in [-0.39, 0.29) is 18.5 Å². The minimum atomic E-state index is -1.01. The maximum atomic E-state index is 13.3. The summed E-state index contributed by atoms with van der Waals surface area (Å²) in [5.74, 6) is -0.281. The van der Waals surface area contributed by atoms with Crippen LogP contribution in [0.3, 0.4) is 0 Å². The van der Waals surface area contributed by atoms with Gasteiger partial charge in [0.2, 0.25) is 0 Å². The Bertz CT molecular complexity index is 611. The van der Waals surface area contributed by atoms with E-state index in [1.165, 1.54) is 6.42 Å². The number of aliphatic imine (C=N–C) groups is 1. The van der Waals surface area contributed by atoms with Crippen molar-refractivity contribution in [3.63, 3.8) is 0 Å². The molecular weight excluding hydrogens is 316 g/mol. The molecular formula is C20H28N2O3. The molecule has 3 rings (SSSR count). The average molecular weight is 344 g/mol. The monoisotopic (exact) mass is 344 g/mol. The number of ether oxygens (including phenoxy) is 1. The first kappa shape index (κ1) is 17.9. The van der Waals surface area contributed by atoms with E-state index in [9.17, 15) is 9.90 Å². The molecule has 0 amide bonds. The number of amidine groups is 1. The maximum Gasteiger partial charge on any atom is 0.326 e. The van der Waals surface area contributed by atoms with Crippen LogP contribution in [0.1, 0.15) is 44.1 Å². The van der Waals surface area contributed by atoms with Crippen LogP contribution in [0.15, 0.2) is 35.3 Å². The maximum absolute atomic E-state index is 13.3. The molecule has 1 fully saturated rings. The van der Waals surface area contributed by atoms with Gasteiger partial charge in [0.05, 0.1) is 6.61 Å². The summed E-state index contributed by atoms with van der Waals surface area (Å²) in [6.07, 6.45) is 6.21. The van der Waals surface area contributed by atoms with Crippen molar-refractivity contribution >= 4 is 12.0 Å². The van der Waals surface area contributed by atoms with Crippen molar-refractivity contribution in [2.45, 2.75) is 43.9 Å². The second-order valence-electron chi connectivity index (χ2n) is 7.16. The van der Waals surface area contributed by atoms with Gasteiger partial charge in [-0.1, -0.05) is 49.6 Å². The zero-order valence-corrected chi connectivity index (χ0v) is 15.0. The number of aliphatic hydroxyl groups excluding tert-OH is 1. The van der Waals surface area contributed by atoms with E-state index in [0.717, 1.165) is 44.2 Å². The molecule has 1 atom stereocenters. The van der Waals surface area contributed by atoms with Gasteiger partial charge in [-0.15, -0.1) is 0 Å². The molecule has 0 aromatic heterocycles. The first-order valence-electron chi connectivity index (χ1n) is 9.32. The number of carbonyl (C=O) groups is 1. The van der Waals surface area contributed by atoms with E-state index in [1.54, 1.807) is 0 Å². The molecule has 1 aliphatic carbocycles. The number of hydrogen-bond acceptors (Lipinski definition) is 5.